The van der Waals surface area contributed by atoms with Gasteiger partial charge in [-0.1, -0.05) is 47.6 Å². The standard InChI is InChI=1S/C8H15N.2C2H6/c1-7-4-5-9(3)6-8(7)2;2*1-2/h4-5,7-8H,6H2,1-3H3;2*1-2H3. The summed E-state index contributed by atoms with van der Waals surface area (Å²) < 4.78 is 0. The first-order chi connectivity index (χ1) is 6.20. The highest BCUT2D eigenvalue weighted by Gasteiger charge is 2.13. The minimum atomic E-state index is 0.765. The number of rotatable bonds is 0. The molecule has 0 radical (unpaired) electrons. The molecule has 0 saturated carbocycles. The molecule has 0 bridgehead atoms. The molecule has 0 saturated heterocycles. The summed E-state index contributed by atoms with van der Waals surface area (Å²) in [5.41, 5.74) is 0. The highest BCUT2D eigenvalue weighted by atomic mass is 15.1. The van der Waals surface area contributed by atoms with Crippen molar-refractivity contribution in [3.05, 3.63) is 12.3 Å². The SMILES string of the molecule is CC.CC.CC1C=CN(C)CC1C. The summed E-state index contributed by atoms with van der Waals surface area (Å²) in [7, 11) is 2.12. The fourth-order valence-corrected chi connectivity index (χ4v) is 1.15. The summed E-state index contributed by atoms with van der Waals surface area (Å²) in [5, 5.41) is 0. The molecule has 0 N–H and O–H groups in total. The zero-order valence-electron chi connectivity index (χ0n) is 10.5. The van der Waals surface area contributed by atoms with E-state index < -0.39 is 0 Å². The molecule has 1 aliphatic heterocycles. The molecule has 0 fully saturated rings. The van der Waals surface area contributed by atoms with Crippen molar-refractivity contribution in [2.75, 3.05) is 13.6 Å². The van der Waals surface area contributed by atoms with Gasteiger partial charge in [-0.3, -0.25) is 0 Å². The van der Waals surface area contributed by atoms with Gasteiger partial charge in [0.25, 0.3) is 0 Å². The topological polar surface area (TPSA) is 3.24 Å². The van der Waals surface area contributed by atoms with Crippen molar-refractivity contribution in [1.29, 1.82) is 0 Å². The summed E-state index contributed by atoms with van der Waals surface area (Å²) in [6, 6.07) is 0. The Hall–Kier alpha value is -0.460. The second kappa shape index (κ2) is 9.63. The third kappa shape index (κ3) is 6.68. The normalized spacial score (nSPS) is 25.3. The third-order valence-electron chi connectivity index (χ3n) is 2.12. The summed E-state index contributed by atoms with van der Waals surface area (Å²) in [4.78, 5) is 2.24. The van der Waals surface area contributed by atoms with Gasteiger partial charge in [-0.05, 0) is 18.0 Å². The van der Waals surface area contributed by atoms with Gasteiger partial charge in [0.05, 0.1) is 0 Å². The molecule has 13 heavy (non-hydrogen) atoms. The molecule has 0 spiro atoms. The second-order valence-electron chi connectivity index (χ2n) is 3.12. The van der Waals surface area contributed by atoms with Crippen LogP contribution in [0.4, 0.5) is 0 Å². The fourth-order valence-electron chi connectivity index (χ4n) is 1.15. The van der Waals surface area contributed by atoms with Crippen LogP contribution in [-0.4, -0.2) is 18.5 Å². The van der Waals surface area contributed by atoms with Crippen molar-refractivity contribution >= 4 is 0 Å². The second-order valence-corrected chi connectivity index (χ2v) is 3.12. The molecule has 1 aliphatic rings. The summed E-state index contributed by atoms with van der Waals surface area (Å²) in [5.74, 6) is 1.58. The van der Waals surface area contributed by atoms with Crippen LogP contribution < -0.4 is 0 Å². The van der Waals surface area contributed by atoms with Crippen LogP contribution in [0.2, 0.25) is 0 Å². The van der Waals surface area contributed by atoms with E-state index >= 15 is 0 Å². The van der Waals surface area contributed by atoms with Gasteiger partial charge >= 0.3 is 0 Å². The molecule has 80 valence electrons. The molecule has 1 heterocycles. The zero-order chi connectivity index (χ0) is 10.9. The van der Waals surface area contributed by atoms with Crippen LogP contribution in [0.5, 0.6) is 0 Å². The Morgan fingerprint density at radius 2 is 1.54 bits per heavy atom. The van der Waals surface area contributed by atoms with E-state index in [0.29, 0.717) is 0 Å². The Morgan fingerprint density at radius 1 is 1.08 bits per heavy atom. The zero-order valence-corrected chi connectivity index (χ0v) is 10.5. The van der Waals surface area contributed by atoms with Crippen molar-refractivity contribution in [2.24, 2.45) is 11.8 Å². The van der Waals surface area contributed by atoms with Crippen molar-refractivity contribution in [3.63, 3.8) is 0 Å². The molecule has 1 nitrogen and oxygen atoms in total. The molecule has 2 atom stereocenters. The summed E-state index contributed by atoms with van der Waals surface area (Å²) in [6.45, 7) is 13.8. The largest absolute Gasteiger partial charge is 0.380 e. The lowest BCUT2D eigenvalue weighted by Gasteiger charge is -2.27. The Labute approximate surface area is 84.8 Å². The lowest BCUT2D eigenvalue weighted by Crippen LogP contribution is -2.26. The summed E-state index contributed by atoms with van der Waals surface area (Å²) >= 11 is 0. The number of hydrogen-bond donors (Lipinski definition) is 0. The van der Waals surface area contributed by atoms with Crippen LogP contribution in [0.25, 0.3) is 0 Å². The molecule has 0 amide bonds. The maximum atomic E-state index is 2.30. The minimum Gasteiger partial charge on any atom is -0.380 e. The number of allylic oxidation sites excluding steroid dienone is 1. The fraction of sp³-hybridized carbons (Fsp3) is 0.833. The van der Waals surface area contributed by atoms with Gasteiger partial charge in [-0.2, -0.15) is 0 Å². The van der Waals surface area contributed by atoms with Crippen molar-refractivity contribution < 1.29 is 0 Å². The predicted octanol–water partition coefficient (Wildman–Crippen LogP) is 3.77. The van der Waals surface area contributed by atoms with E-state index in [1.165, 1.54) is 6.54 Å². The maximum Gasteiger partial charge on any atom is 0.0200 e. The molecular weight excluding hydrogens is 158 g/mol. The first-order valence-electron chi connectivity index (χ1n) is 5.58. The van der Waals surface area contributed by atoms with Crippen LogP contribution in [0, 0.1) is 11.8 Å². The molecule has 0 aromatic heterocycles. The minimum absolute atomic E-state index is 0.765. The highest BCUT2D eigenvalue weighted by molar-refractivity contribution is 4.93. The van der Waals surface area contributed by atoms with Gasteiger partial charge < -0.3 is 4.90 Å². The smallest absolute Gasteiger partial charge is 0.0200 e. The monoisotopic (exact) mass is 185 g/mol. The van der Waals surface area contributed by atoms with Gasteiger partial charge in [0.15, 0.2) is 0 Å². The number of hydrogen-bond acceptors (Lipinski definition) is 1. The molecule has 1 rings (SSSR count). The van der Waals surface area contributed by atoms with E-state index in [-0.39, 0.29) is 0 Å². The third-order valence-corrected chi connectivity index (χ3v) is 2.12. The van der Waals surface area contributed by atoms with E-state index in [0.717, 1.165) is 11.8 Å². The molecule has 0 aromatic carbocycles. The first kappa shape index (κ1) is 15.0. The molecule has 2 unspecified atom stereocenters. The van der Waals surface area contributed by atoms with Crippen LogP contribution in [0.3, 0.4) is 0 Å². The van der Waals surface area contributed by atoms with Gasteiger partial charge in [0, 0.05) is 13.6 Å². The van der Waals surface area contributed by atoms with Crippen LogP contribution in [0.15, 0.2) is 12.3 Å². The van der Waals surface area contributed by atoms with Crippen LogP contribution in [0.1, 0.15) is 41.5 Å². The molecule has 0 aliphatic carbocycles. The Bertz CT molecular complexity index is 118. The van der Waals surface area contributed by atoms with E-state index in [4.69, 9.17) is 0 Å². The van der Waals surface area contributed by atoms with Crippen molar-refractivity contribution in [3.8, 4) is 0 Å². The van der Waals surface area contributed by atoms with Gasteiger partial charge in [-0.25, -0.2) is 0 Å². The average Bonchev–Trinajstić information content (AvgIpc) is 2.18. The maximum absolute atomic E-state index is 2.30. The van der Waals surface area contributed by atoms with E-state index in [2.05, 4.69) is 38.1 Å². The van der Waals surface area contributed by atoms with Gasteiger partial charge in [-0.15, -0.1) is 0 Å². The molecular formula is C12H27N. The van der Waals surface area contributed by atoms with E-state index in [9.17, 15) is 0 Å². The Kier molecular flexibility index (Phi) is 11.1. The predicted molar refractivity (Wildman–Crippen MR) is 62.8 cm³/mol. The summed E-state index contributed by atoms with van der Waals surface area (Å²) in [6.07, 6.45) is 4.44. The quantitative estimate of drug-likeness (QED) is 0.555. The van der Waals surface area contributed by atoms with Gasteiger partial charge in [0.2, 0.25) is 0 Å². The van der Waals surface area contributed by atoms with Crippen LogP contribution in [-0.2, 0) is 0 Å². The van der Waals surface area contributed by atoms with Crippen molar-refractivity contribution in [2.45, 2.75) is 41.5 Å². The lowest BCUT2D eigenvalue weighted by atomic mass is 9.93. The highest BCUT2D eigenvalue weighted by Crippen LogP contribution is 2.17. The Morgan fingerprint density at radius 3 is 1.85 bits per heavy atom. The number of nitrogens with zero attached hydrogens (tertiary/aromatic N) is 1. The molecule has 0 aromatic rings. The van der Waals surface area contributed by atoms with Crippen LogP contribution >= 0.6 is 0 Å². The van der Waals surface area contributed by atoms with E-state index in [1.54, 1.807) is 0 Å². The first-order valence-corrected chi connectivity index (χ1v) is 5.58. The Balaban J connectivity index is 0. The molecule has 1 heteroatoms. The van der Waals surface area contributed by atoms with E-state index in [1.807, 2.05) is 27.7 Å². The van der Waals surface area contributed by atoms with Crippen molar-refractivity contribution in [1.82, 2.24) is 4.90 Å². The van der Waals surface area contributed by atoms with Gasteiger partial charge in [0.1, 0.15) is 0 Å². The lowest BCUT2D eigenvalue weighted by molar-refractivity contribution is 0.299. The average molecular weight is 185 g/mol.